The molecule has 1 fully saturated rings. The fraction of sp³-hybridized carbons (Fsp3) is 0.389. The molecule has 0 N–H and O–H groups in total. The molecule has 0 aromatic rings. The van der Waals surface area contributed by atoms with Crippen LogP contribution in [0.3, 0.4) is 0 Å². The molecule has 0 radical (unpaired) electrons. The predicted octanol–water partition coefficient (Wildman–Crippen LogP) is 4.13. The molecule has 114 valence electrons. The summed E-state index contributed by atoms with van der Waals surface area (Å²) in [5, 5.41) is 1.89. The van der Waals surface area contributed by atoms with Gasteiger partial charge in [0.05, 0.1) is 6.04 Å². The van der Waals surface area contributed by atoms with Gasteiger partial charge in [0.1, 0.15) is 0 Å². The molecule has 0 saturated carbocycles. The molecular weight excluding hydrogens is 294 g/mol. The number of dihydropyridines is 1. The lowest BCUT2D eigenvalue weighted by atomic mass is 9.79. The van der Waals surface area contributed by atoms with Crippen LogP contribution in [0.4, 0.5) is 0 Å². The lowest BCUT2D eigenvalue weighted by molar-refractivity contribution is 0.206. The minimum Gasteiger partial charge on any atom is -0.508 e. The van der Waals surface area contributed by atoms with E-state index in [1.807, 2.05) is 5.01 Å². The first-order chi connectivity index (χ1) is 10.8. The molecule has 0 aromatic heterocycles. The van der Waals surface area contributed by atoms with Crippen molar-refractivity contribution in [1.29, 1.82) is 0 Å². The Morgan fingerprint density at radius 1 is 1.18 bits per heavy atom. The van der Waals surface area contributed by atoms with Crippen molar-refractivity contribution in [3.63, 3.8) is 0 Å². The molecule has 2 atom stereocenters. The van der Waals surface area contributed by atoms with Crippen LogP contribution in [0.1, 0.15) is 12.8 Å². The van der Waals surface area contributed by atoms with Gasteiger partial charge in [-0.3, -0.25) is 16.8 Å². The summed E-state index contributed by atoms with van der Waals surface area (Å²) in [5.41, 5.74) is 3.87. The fourth-order valence-electron chi connectivity index (χ4n) is 3.48. The fourth-order valence-corrected chi connectivity index (χ4v) is 3.60. The smallest absolute Gasteiger partial charge is 0.0784 e. The molecule has 0 aromatic carbocycles. The number of hydrogen-bond donors (Lipinski definition) is 0. The lowest BCUT2D eigenvalue weighted by Gasteiger charge is -2.48. The van der Waals surface area contributed by atoms with E-state index in [2.05, 4.69) is 53.6 Å². The third-order valence-electron chi connectivity index (χ3n) is 4.73. The molecule has 2 aliphatic carbocycles. The summed E-state index contributed by atoms with van der Waals surface area (Å²) in [6.45, 7) is 1.74. The van der Waals surface area contributed by atoms with Crippen molar-refractivity contribution in [3.8, 4) is 0 Å². The highest BCUT2D eigenvalue weighted by molar-refractivity contribution is 6.24. The van der Waals surface area contributed by atoms with Crippen LogP contribution in [-0.4, -0.2) is 29.9 Å². The van der Waals surface area contributed by atoms with E-state index in [1.165, 1.54) is 16.9 Å². The van der Waals surface area contributed by atoms with Crippen molar-refractivity contribution in [2.75, 3.05) is 13.1 Å². The summed E-state index contributed by atoms with van der Waals surface area (Å²) < 4.78 is 0. The zero-order valence-electron chi connectivity index (χ0n) is 12.4. The van der Waals surface area contributed by atoms with Gasteiger partial charge in [-0.2, -0.15) is 0 Å². The van der Waals surface area contributed by atoms with Gasteiger partial charge in [-0.25, -0.2) is 0 Å². The largest absolute Gasteiger partial charge is 0.508 e. The van der Waals surface area contributed by atoms with Gasteiger partial charge in [0.2, 0.25) is 0 Å². The molecular formula is C18H19ClN3-. The van der Waals surface area contributed by atoms with Crippen molar-refractivity contribution in [2.24, 2.45) is 16.8 Å². The molecule has 4 aliphatic rings. The van der Waals surface area contributed by atoms with Gasteiger partial charge in [0.15, 0.2) is 0 Å². The van der Waals surface area contributed by atoms with E-state index >= 15 is 0 Å². The summed E-state index contributed by atoms with van der Waals surface area (Å²) in [6.07, 6.45) is 20.2. The number of allylic oxidation sites excluding steroid dienone is 7. The SMILES string of the molecule is Cl[N-]N1CC(C2=NC3C=CC=CC3C=C2C2=CCCC=C2)C1. The van der Waals surface area contributed by atoms with Gasteiger partial charge in [0.25, 0.3) is 0 Å². The molecule has 4 heteroatoms. The minimum atomic E-state index is 0.249. The Labute approximate surface area is 136 Å². The highest BCUT2D eigenvalue weighted by atomic mass is 35.5. The number of halogens is 1. The van der Waals surface area contributed by atoms with E-state index < -0.39 is 0 Å². The standard InChI is InChI=1S/C18H19ClN3/c19-21-22-11-15(12-22)18-16(13-6-2-1-3-7-13)10-14-8-4-5-9-17(14)20-18/h2,4-10,14-15,17H,1,3,11-12H2/q-1. The monoisotopic (exact) mass is 312 g/mol. The maximum atomic E-state index is 5.56. The van der Waals surface area contributed by atoms with Crippen LogP contribution in [0.15, 0.2) is 64.7 Å². The third kappa shape index (κ3) is 2.54. The Bertz CT molecular complexity index is 633. The second-order valence-electron chi connectivity index (χ2n) is 6.22. The zero-order chi connectivity index (χ0) is 14.9. The van der Waals surface area contributed by atoms with E-state index in [-0.39, 0.29) is 6.04 Å². The van der Waals surface area contributed by atoms with E-state index in [0.29, 0.717) is 11.8 Å². The van der Waals surface area contributed by atoms with Crippen LogP contribution in [-0.2, 0) is 0 Å². The van der Waals surface area contributed by atoms with Crippen LogP contribution in [0.5, 0.6) is 0 Å². The molecule has 2 aliphatic heterocycles. The Hall–Kier alpha value is -1.42. The van der Waals surface area contributed by atoms with Crippen molar-refractivity contribution < 1.29 is 0 Å². The van der Waals surface area contributed by atoms with Crippen LogP contribution >= 0.6 is 11.8 Å². The number of aliphatic imine (C=N–C) groups is 1. The quantitative estimate of drug-likeness (QED) is 0.770. The number of rotatable bonds is 3. The van der Waals surface area contributed by atoms with E-state index in [1.54, 1.807) is 0 Å². The predicted molar refractivity (Wildman–Crippen MR) is 91.8 cm³/mol. The van der Waals surface area contributed by atoms with Crippen LogP contribution < -0.4 is 0 Å². The highest BCUT2D eigenvalue weighted by Crippen LogP contribution is 2.35. The highest BCUT2D eigenvalue weighted by Gasteiger charge is 2.33. The average Bonchev–Trinajstić information content (AvgIpc) is 2.54. The third-order valence-corrected chi connectivity index (χ3v) is 4.95. The lowest BCUT2D eigenvalue weighted by Crippen LogP contribution is -2.48. The molecule has 0 bridgehead atoms. The summed E-state index contributed by atoms with van der Waals surface area (Å²) in [4.78, 5) is 8.81. The molecule has 0 amide bonds. The van der Waals surface area contributed by atoms with E-state index in [9.17, 15) is 0 Å². The van der Waals surface area contributed by atoms with Crippen LogP contribution in [0.25, 0.3) is 4.94 Å². The summed E-state index contributed by atoms with van der Waals surface area (Å²) in [7, 11) is 0. The van der Waals surface area contributed by atoms with Gasteiger partial charge < -0.3 is 9.95 Å². The van der Waals surface area contributed by atoms with Crippen molar-refractivity contribution in [2.45, 2.75) is 18.9 Å². The van der Waals surface area contributed by atoms with Gasteiger partial charge in [-0.1, -0.05) is 48.6 Å². The number of hydrogen-bond acceptors (Lipinski definition) is 2. The van der Waals surface area contributed by atoms with Gasteiger partial charge in [-0.05, 0) is 37.1 Å². The molecule has 2 heterocycles. The first kappa shape index (κ1) is 14.2. The van der Waals surface area contributed by atoms with E-state index in [4.69, 9.17) is 16.8 Å². The van der Waals surface area contributed by atoms with E-state index in [0.717, 1.165) is 25.9 Å². The zero-order valence-corrected chi connectivity index (χ0v) is 13.2. The molecule has 1 saturated heterocycles. The topological polar surface area (TPSA) is 29.7 Å². The molecule has 22 heavy (non-hydrogen) atoms. The molecule has 3 nitrogen and oxygen atoms in total. The average molecular weight is 313 g/mol. The first-order valence-corrected chi connectivity index (χ1v) is 8.28. The number of fused-ring (bicyclic) bond motifs is 1. The summed E-state index contributed by atoms with van der Waals surface area (Å²) in [5.74, 6) is 0.819. The van der Waals surface area contributed by atoms with Gasteiger partial charge in [0, 0.05) is 17.5 Å². The van der Waals surface area contributed by atoms with Gasteiger partial charge >= 0.3 is 0 Å². The Morgan fingerprint density at radius 2 is 2.05 bits per heavy atom. The summed E-state index contributed by atoms with van der Waals surface area (Å²) in [6, 6.07) is 0.249. The maximum Gasteiger partial charge on any atom is 0.0784 e. The second-order valence-corrected chi connectivity index (χ2v) is 6.37. The van der Waals surface area contributed by atoms with Crippen LogP contribution in [0, 0.1) is 11.8 Å². The Balaban J connectivity index is 1.66. The van der Waals surface area contributed by atoms with Gasteiger partial charge in [-0.15, -0.1) is 0 Å². The minimum absolute atomic E-state index is 0.249. The Morgan fingerprint density at radius 3 is 2.82 bits per heavy atom. The van der Waals surface area contributed by atoms with Crippen LogP contribution in [0.2, 0.25) is 0 Å². The van der Waals surface area contributed by atoms with Crippen molar-refractivity contribution in [3.05, 3.63) is 64.7 Å². The maximum absolute atomic E-state index is 5.56. The molecule has 4 rings (SSSR count). The van der Waals surface area contributed by atoms with Crippen molar-refractivity contribution >= 4 is 17.5 Å². The first-order valence-electron chi connectivity index (χ1n) is 7.94. The summed E-state index contributed by atoms with van der Waals surface area (Å²) >= 11 is 5.56. The number of nitrogens with zero attached hydrogens (tertiary/aromatic N) is 3. The molecule has 2 unspecified atom stereocenters. The molecule has 0 spiro atoms. The Kier molecular flexibility index (Phi) is 3.87. The van der Waals surface area contributed by atoms with Crippen molar-refractivity contribution in [1.82, 2.24) is 5.01 Å². The second kappa shape index (κ2) is 5.99. The normalized spacial score (nSPS) is 31.2.